The highest BCUT2D eigenvalue weighted by Crippen LogP contribution is 2.46. The van der Waals surface area contributed by atoms with Gasteiger partial charge in [-0.05, 0) is 41.1 Å². The van der Waals surface area contributed by atoms with Crippen molar-refractivity contribution in [3.8, 4) is 0 Å². The molecule has 0 unspecified atom stereocenters. The quantitative estimate of drug-likeness (QED) is 0.297. The molecule has 0 saturated heterocycles. The van der Waals surface area contributed by atoms with Crippen molar-refractivity contribution in [2.24, 2.45) is 0 Å². The molecule has 27 heavy (non-hydrogen) atoms. The molecule has 0 saturated carbocycles. The first-order chi connectivity index (χ1) is 13.4. The maximum atomic E-state index is 3.56. The fourth-order valence-electron chi connectivity index (χ4n) is 3.37. The third-order valence-electron chi connectivity index (χ3n) is 4.72. The molecule has 4 aromatic carbocycles. The second-order valence-electron chi connectivity index (χ2n) is 6.45. The number of aromatic nitrogens is 1. The molecule has 0 amide bonds. The molecule has 0 spiro atoms. The number of para-hydroxylation sites is 2. The second kappa shape index (κ2) is 6.86. The van der Waals surface area contributed by atoms with Crippen molar-refractivity contribution < 1.29 is 0 Å². The first-order valence-electron chi connectivity index (χ1n) is 8.96. The molecule has 1 aliphatic heterocycles. The molecule has 0 fully saturated rings. The Morgan fingerprint density at radius 1 is 0.593 bits per heavy atom. The summed E-state index contributed by atoms with van der Waals surface area (Å²) in [5, 5.41) is 7.41. The minimum atomic E-state index is 1.20. The summed E-state index contributed by atoms with van der Waals surface area (Å²) in [5.74, 6) is 0. The Balaban J connectivity index is 0.000000149. The van der Waals surface area contributed by atoms with E-state index in [0.717, 1.165) is 0 Å². The topological polar surface area (TPSA) is 27.8 Å². The maximum Gasteiger partial charge on any atom is 0.0606 e. The van der Waals surface area contributed by atoms with E-state index in [0.29, 0.717) is 0 Å². The molecule has 0 aliphatic carbocycles. The normalized spacial score (nSPS) is 11.9. The van der Waals surface area contributed by atoms with Gasteiger partial charge in [0.2, 0.25) is 0 Å². The minimum absolute atomic E-state index is 1.20. The van der Waals surface area contributed by atoms with Gasteiger partial charge in [-0.15, -0.1) is 0 Å². The van der Waals surface area contributed by atoms with Crippen LogP contribution in [-0.4, -0.2) is 4.98 Å². The second-order valence-corrected chi connectivity index (χ2v) is 7.53. The van der Waals surface area contributed by atoms with Crippen molar-refractivity contribution in [2.45, 2.75) is 9.79 Å². The van der Waals surface area contributed by atoms with E-state index in [4.69, 9.17) is 0 Å². The summed E-state index contributed by atoms with van der Waals surface area (Å²) in [4.78, 5) is 5.71. The third-order valence-corrected chi connectivity index (χ3v) is 5.86. The molecule has 1 aliphatic rings. The van der Waals surface area contributed by atoms with E-state index in [1.807, 2.05) is 30.1 Å². The van der Waals surface area contributed by atoms with Crippen molar-refractivity contribution >= 4 is 44.8 Å². The van der Waals surface area contributed by atoms with Gasteiger partial charge in [0.1, 0.15) is 0 Å². The first-order valence-corrected chi connectivity index (χ1v) is 9.78. The van der Waals surface area contributed by atoms with Crippen LogP contribution >= 0.6 is 11.8 Å². The lowest BCUT2D eigenvalue weighted by atomic mass is 10.1. The van der Waals surface area contributed by atoms with Crippen LogP contribution in [0.5, 0.6) is 0 Å². The summed E-state index contributed by atoms with van der Waals surface area (Å²) < 4.78 is 0. The Bertz CT molecular complexity index is 1210. The van der Waals surface area contributed by atoms with Crippen LogP contribution in [0.2, 0.25) is 0 Å². The molecule has 2 heterocycles. The summed E-state index contributed by atoms with van der Waals surface area (Å²) in [5.41, 5.74) is 3.64. The van der Waals surface area contributed by atoms with Crippen LogP contribution in [0.3, 0.4) is 0 Å². The minimum Gasteiger partial charge on any atom is -0.361 e. The van der Waals surface area contributed by atoms with Crippen LogP contribution < -0.4 is 5.32 Å². The molecule has 2 N–H and O–H groups in total. The Kier molecular flexibility index (Phi) is 4.07. The molecule has 5 aromatic rings. The highest BCUT2D eigenvalue weighted by atomic mass is 32.2. The van der Waals surface area contributed by atoms with Crippen LogP contribution in [0, 0.1) is 0 Å². The summed E-state index contributed by atoms with van der Waals surface area (Å²) in [7, 11) is 0. The number of hydrogen-bond acceptors (Lipinski definition) is 2. The van der Waals surface area contributed by atoms with E-state index in [-0.39, 0.29) is 0 Å². The predicted octanol–water partition coefficient (Wildman–Crippen LogP) is 7.22. The van der Waals surface area contributed by atoms with Crippen molar-refractivity contribution in [3.63, 3.8) is 0 Å². The average molecular weight is 366 g/mol. The zero-order valence-corrected chi connectivity index (χ0v) is 15.5. The zero-order chi connectivity index (χ0) is 18.1. The average Bonchev–Trinajstić information content (AvgIpc) is 3.22. The van der Waals surface area contributed by atoms with E-state index < -0.39 is 0 Å². The lowest BCUT2D eigenvalue weighted by Gasteiger charge is -2.22. The van der Waals surface area contributed by atoms with Crippen molar-refractivity contribution in [3.05, 3.63) is 97.2 Å². The molecular formula is C24H18N2S. The molecule has 3 heteroatoms. The van der Waals surface area contributed by atoms with E-state index in [2.05, 4.69) is 89.2 Å². The number of H-pyrrole nitrogens is 1. The highest BCUT2D eigenvalue weighted by molar-refractivity contribution is 7.99. The Labute approximate surface area is 162 Å². The van der Waals surface area contributed by atoms with Gasteiger partial charge >= 0.3 is 0 Å². The van der Waals surface area contributed by atoms with Crippen LogP contribution in [0.1, 0.15) is 0 Å². The number of anilines is 2. The number of hydrogen-bond donors (Lipinski definition) is 2. The molecule has 0 atom stereocenters. The molecule has 0 radical (unpaired) electrons. The van der Waals surface area contributed by atoms with Crippen molar-refractivity contribution in [2.75, 3.05) is 5.32 Å². The van der Waals surface area contributed by atoms with Crippen molar-refractivity contribution in [1.29, 1.82) is 0 Å². The van der Waals surface area contributed by atoms with E-state index in [1.165, 1.54) is 42.8 Å². The monoisotopic (exact) mass is 366 g/mol. The van der Waals surface area contributed by atoms with Crippen LogP contribution in [0.25, 0.3) is 21.7 Å². The molecule has 1 aromatic heterocycles. The molecule has 130 valence electrons. The smallest absolute Gasteiger partial charge is 0.0606 e. The van der Waals surface area contributed by atoms with E-state index >= 15 is 0 Å². The Morgan fingerprint density at radius 2 is 1.37 bits per heavy atom. The number of aromatic amines is 1. The fraction of sp³-hybridized carbons (Fsp3) is 0. The lowest BCUT2D eigenvalue weighted by Crippen LogP contribution is -2.00. The Hall–Kier alpha value is -3.17. The number of benzene rings is 4. The summed E-state index contributed by atoms with van der Waals surface area (Å²) >= 11 is 1.83. The van der Waals surface area contributed by atoms with Gasteiger partial charge in [0.25, 0.3) is 0 Å². The molecule has 6 rings (SSSR count). The largest absolute Gasteiger partial charge is 0.361 e. The van der Waals surface area contributed by atoms with Crippen LogP contribution in [-0.2, 0) is 0 Å². The van der Waals surface area contributed by atoms with Crippen LogP contribution in [0.4, 0.5) is 11.4 Å². The van der Waals surface area contributed by atoms with Gasteiger partial charge in [-0.3, -0.25) is 0 Å². The van der Waals surface area contributed by atoms with Crippen molar-refractivity contribution in [1.82, 2.24) is 4.98 Å². The van der Waals surface area contributed by atoms with Gasteiger partial charge in [-0.25, -0.2) is 0 Å². The van der Waals surface area contributed by atoms with Gasteiger partial charge in [0, 0.05) is 26.9 Å². The molecule has 2 nitrogen and oxygen atoms in total. The van der Waals surface area contributed by atoms with E-state index in [9.17, 15) is 0 Å². The molecule has 0 bridgehead atoms. The standard InChI is InChI=1S/C16H11NS.C8H7N/c1-2-6-12-11(5-1)9-10-15-16(12)17-13-7-3-4-8-14(13)18-15;1-2-4-8-7(3-1)5-6-9-8/h1-10,17H;1-6,9H. The first kappa shape index (κ1) is 16.0. The van der Waals surface area contributed by atoms with Gasteiger partial charge in [-0.2, -0.15) is 0 Å². The zero-order valence-electron chi connectivity index (χ0n) is 14.6. The molecular weight excluding hydrogens is 348 g/mol. The van der Waals surface area contributed by atoms with E-state index in [1.54, 1.807) is 0 Å². The number of nitrogens with one attached hydrogen (secondary N) is 2. The predicted molar refractivity (Wildman–Crippen MR) is 116 cm³/mol. The van der Waals surface area contributed by atoms with Gasteiger partial charge in [-0.1, -0.05) is 72.4 Å². The van der Waals surface area contributed by atoms with Gasteiger partial charge in [0.15, 0.2) is 0 Å². The summed E-state index contributed by atoms with van der Waals surface area (Å²) in [6.45, 7) is 0. The fourth-order valence-corrected chi connectivity index (χ4v) is 4.38. The third kappa shape index (κ3) is 3.07. The number of fused-ring (bicyclic) bond motifs is 5. The number of rotatable bonds is 0. The Morgan fingerprint density at radius 3 is 2.30 bits per heavy atom. The van der Waals surface area contributed by atoms with Gasteiger partial charge < -0.3 is 10.3 Å². The summed E-state index contributed by atoms with van der Waals surface area (Å²) in [6, 6.07) is 31.6. The van der Waals surface area contributed by atoms with Gasteiger partial charge in [0.05, 0.1) is 11.4 Å². The summed E-state index contributed by atoms with van der Waals surface area (Å²) in [6.07, 6.45) is 1.95. The highest BCUT2D eigenvalue weighted by Gasteiger charge is 2.16. The van der Waals surface area contributed by atoms with Crippen LogP contribution in [0.15, 0.2) is 107 Å². The SMILES string of the molecule is c1ccc2[nH]ccc2c1.c1ccc2c(c1)Nc1c(ccc3ccccc13)S2. The lowest BCUT2D eigenvalue weighted by molar-refractivity contribution is 1.33. The maximum absolute atomic E-state index is 3.56.